The van der Waals surface area contributed by atoms with Gasteiger partial charge in [0.25, 0.3) is 15.9 Å². The third kappa shape index (κ3) is 8.34. The van der Waals surface area contributed by atoms with Crippen LogP contribution >= 0.6 is 0 Å². The van der Waals surface area contributed by atoms with E-state index in [9.17, 15) is 22.8 Å². The highest BCUT2D eigenvalue weighted by atomic mass is 32.2. The molecule has 0 aliphatic heterocycles. The number of hydrogen-bond donors (Lipinski definition) is 3. The van der Waals surface area contributed by atoms with Crippen LogP contribution in [0.3, 0.4) is 0 Å². The second-order valence-corrected chi connectivity index (χ2v) is 13.6. The minimum absolute atomic E-state index is 0.0289. The number of carbonyl (C=O) groups excluding carboxylic acids is 3. The molecule has 10 heteroatoms. The van der Waals surface area contributed by atoms with E-state index in [-0.39, 0.29) is 28.6 Å². The van der Waals surface area contributed by atoms with E-state index >= 15 is 0 Å². The molecule has 0 radical (unpaired) electrons. The number of urea groups is 1. The van der Waals surface area contributed by atoms with Crippen molar-refractivity contribution in [1.29, 1.82) is 0 Å². The van der Waals surface area contributed by atoms with Gasteiger partial charge in [0.1, 0.15) is 0 Å². The lowest BCUT2D eigenvalue weighted by atomic mass is 9.85. The maximum atomic E-state index is 14.1. The molecular weight excluding hydrogens is 649 g/mol. The summed E-state index contributed by atoms with van der Waals surface area (Å²) >= 11 is 0. The smallest absolute Gasteiger partial charge is 0.319 e. The highest BCUT2D eigenvalue weighted by Crippen LogP contribution is 2.36. The number of hydrogen-bond acceptors (Lipinski definition) is 5. The Hall–Kier alpha value is -6.00. The maximum absolute atomic E-state index is 14.1. The Morgan fingerprint density at radius 3 is 2.04 bits per heavy atom. The summed E-state index contributed by atoms with van der Waals surface area (Å²) in [6.45, 7) is 0.0203. The lowest BCUT2D eigenvalue weighted by molar-refractivity contribution is -0.127. The van der Waals surface area contributed by atoms with Crippen molar-refractivity contribution in [2.45, 2.75) is 30.7 Å². The number of aryl methyl sites for hydroxylation is 1. The van der Waals surface area contributed by atoms with E-state index in [4.69, 9.17) is 0 Å². The number of nitrogens with zero attached hydrogens (tertiary/aromatic N) is 1. The molecule has 0 spiro atoms. The summed E-state index contributed by atoms with van der Waals surface area (Å²) in [6.07, 6.45) is 2.35. The zero-order valence-corrected chi connectivity index (χ0v) is 28.0. The summed E-state index contributed by atoms with van der Waals surface area (Å²) in [5.41, 5.74) is 6.54. The van der Waals surface area contributed by atoms with Gasteiger partial charge in [-0.15, -0.1) is 0 Å². The largest absolute Gasteiger partial charge is 0.329 e. The molecule has 0 saturated heterocycles. The Kier molecular flexibility index (Phi) is 10.5. The topological polar surface area (TPSA) is 125 Å². The maximum Gasteiger partial charge on any atom is 0.319 e. The Labute approximate surface area is 291 Å². The van der Waals surface area contributed by atoms with E-state index in [0.29, 0.717) is 13.0 Å². The van der Waals surface area contributed by atoms with Crippen molar-refractivity contribution < 1.29 is 22.8 Å². The van der Waals surface area contributed by atoms with E-state index < -0.39 is 22.0 Å². The minimum Gasteiger partial charge on any atom is -0.329 e. The third-order valence-corrected chi connectivity index (χ3v) is 9.73. The minimum atomic E-state index is -4.09. The molecule has 0 bridgehead atoms. The summed E-state index contributed by atoms with van der Waals surface area (Å²) < 4.78 is 27.3. The van der Waals surface area contributed by atoms with Crippen LogP contribution in [0.2, 0.25) is 0 Å². The van der Waals surface area contributed by atoms with Crippen molar-refractivity contribution in [3.05, 3.63) is 173 Å². The number of amides is 4. The van der Waals surface area contributed by atoms with Gasteiger partial charge in [-0.05, 0) is 71.9 Å². The van der Waals surface area contributed by atoms with E-state index in [0.717, 1.165) is 46.4 Å². The molecule has 6 rings (SSSR count). The van der Waals surface area contributed by atoms with E-state index in [2.05, 4.69) is 34.9 Å². The number of nitrogens with one attached hydrogen (secondary N) is 3. The van der Waals surface area contributed by atoms with Crippen molar-refractivity contribution in [3.63, 3.8) is 0 Å². The molecule has 1 aliphatic carbocycles. The van der Waals surface area contributed by atoms with Crippen LogP contribution in [0.1, 0.15) is 39.0 Å². The number of rotatable bonds is 11. The molecule has 0 heterocycles. The average molecular weight is 685 g/mol. The number of carbonyl (C=O) groups is 3. The number of allylic oxidation sites excluding steroid dienone is 1. The Balaban J connectivity index is 1.20. The van der Waals surface area contributed by atoms with Gasteiger partial charge in [-0.25, -0.2) is 17.9 Å². The molecule has 1 aliphatic rings. The van der Waals surface area contributed by atoms with Gasteiger partial charge in [0, 0.05) is 16.8 Å². The lowest BCUT2D eigenvalue weighted by Gasteiger charge is -2.33. The summed E-state index contributed by atoms with van der Waals surface area (Å²) in [4.78, 5) is 41.8. The van der Waals surface area contributed by atoms with Crippen LogP contribution in [0, 0.1) is 0 Å². The summed E-state index contributed by atoms with van der Waals surface area (Å²) in [5, 5.41) is 5.32. The van der Waals surface area contributed by atoms with Crippen LogP contribution in [-0.2, 0) is 34.2 Å². The quantitative estimate of drug-likeness (QED) is 0.146. The first-order valence-electron chi connectivity index (χ1n) is 16.2. The van der Waals surface area contributed by atoms with E-state index in [1.807, 2.05) is 65.4 Å². The van der Waals surface area contributed by atoms with Gasteiger partial charge in [-0.3, -0.25) is 9.59 Å². The van der Waals surface area contributed by atoms with Crippen molar-refractivity contribution in [1.82, 2.24) is 14.9 Å². The normalized spacial score (nSPS) is 12.4. The zero-order valence-electron chi connectivity index (χ0n) is 27.2. The molecule has 0 aromatic heterocycles. The van der Waals surface area contributed by atoms with E-state index in [1.165, 1.54) is 30.3 Å². The zero-order chi connectivity index (χ0) is 34.9. The van der Waals surface area contributed by atoms with Crippen LogP contribution in [0.4, 0.5) is 10.5 Å². The van der Waals surface area contributed by atoms with Crippen LogP contribution < -0.4 is 15.4 Å². The molecule has 5 aromatic rings. The molecule has 9 nitrogen and oxygen atoms in total. The fourth-order valence-corrected chi connectivity index (χ4v) is 6.97. The fourth-order valence-electron chi connectivity index (χ4n) is 5.98. The number of benzene rings is 5. The second kappa shape index (κ2) is 15.5. The first-order chi connectivity index (χ1) is 24.3. The van der Waals surface area contributed by atoms with Gasteiger partial charge in [-0.2, -0.15) is 0 Å². The van der Waals surface area contributed by atoms with Crippen molar-refractivity contribution in [2.75, 3.05) is 11.9 Å². The molecular formula is C40H36N4O5S. The van der Waals surface area contributed by atoms with Crippen LogP contribution in [-0.4, -0.2) is 37.7 Å². The van der Waals surface area contributed by atoms with Gasteiger partial charge in [-0.1, -0.05) is 109 Å². The predicted octanol–water partition coefficient (Wildman–Crippen LogP) is 6.56. The molecule has 50 heavy (non-hydrogen) atoms. The number of anilines is 1. The first kappa shape index (κ1) is 33.9. The predicted molar refractivity (Wildman–Crippen MR) is 193 cm³/mol. The molecule has 252 valence electrons. The highest BCUT2D eigenvalue weighted by Gasteiger charge is 2.28. The van der Waals surface area contributed by atoms with Crippen LogP contribution in [0.15, 0.2) is 150 Å². The Morgan fingerprint density at radius 1 is 0.680 bits per heavy atom. The van der Waals surface area contributed by atoms with Crippen molar-refractivity contribution >= 4 is 39.3 Å². The van der Waals surface area contributed by atoms with Crippen molar-refractivity contribution in [2.24, 2.45) is 0 Å². The third-order valence-electron chi connectivity index (χ3n) is 8.38. The monoisotopic (exact) mass is 684 g/mol. The van der Waals surface area contributed by atoms with E-state index in [1.54, 1.807) is 29.2 Å². The second-order valence-electron chi connectivity index (χ2n) is 11.9. The van der Waals surface area contributed by atoms with Gasteiger partial charge in [0.05, 0.1) is 23.7 Å². The molecule has 0 fully saturated rings. The molecule has 3 N–H and O–H groups in total. The van der Waals surface area contributed by atoms with Crippen molar-refractivity contribution in [3.8, 4) is 0 Å². The molecule has 0 saturated carbocycles. The van der Waals surface area contributed by atoms with Gasteiger partial charge in [0.15, 0.2) is 0 Å². The Bertz CT molecular complexity index is 2140. The van der Waals surface area contributed by atoms with Crippen LogP contribution in [0.25, 0.3) is 5.70 Å². The lowest BCUT2D eigenvalue weighted by Crippen LogP contribution is -2.41. The standard InChI is InChI=1S/C40H36N4O5S/c45-37(27-41-40(47)42-34-19-12-18-33(26-34)39(46)43-50(48,49)35-20-8-3-9-21-35)44(28-30-15-6-2-7-16-30)38-32(25-29-13-4-1-5-14-29)24-23-31-17-10-11-22-36(31)38/h1-22,26H,23-25,27-28H2,(H,43,46)(H2,41,42,47). The summed E-state index contributed by atoms with van der Waals surface area (Å²) in [7, 11) is -4.09. The fraction of sp³-hybridized carbons (Fsp3) is 0.125. The van der Waals surface area contributed by atoms with Crippen LogP contribution in [0.5, 0.6) is 0 Å². The van der Waals surface area contributed by atoms with Gasteiger partial charge < -0.3 is 15.5 Å². The Morgan fingerprint density at radius 2 is 1.32 bits per heavy atom. The molecule has 4 amide bonds. The van der Waals surface area contributed by atoms with Gasteiger partial charge >= 0.3 is 6.03 Å². The SMILES string of the molecule is O=C(NCC(=O)N(Cc1ccccc1)C1=C(Cc2ccccc2)CCc2ccccc21)Nc1cccc(C(=O)NS(=O)(=O)c2ccccc2)c1. The first-order valence-corrected chi connectivity index (χ1v) is 17.7. The average Bonchev–Trinajstić information content (AvgIpc) is 3.14. The molecule has 5 aromatic carbocycles. The number of sulfonamides is 1. The highest BCUT2D eigenvalue weighted by molar-refractivity contribution is 7.90. The summed E-state index contributed by atoms with van der Waals surface area (Å²) in [6, 6.07) is 40.8. The molecule has 0 atom stereocenters. The van der Waals surface area contributed by atoms with Gasteiger partial charge in [0.2, 0.25) is 5.91 Å². The number of fused-ring (bicyclic) bond motifs is 1. The summed E-state index contributed by atoms with van der Waals surface area (Å²) in [5.74, 6) is -1.14. The molecule has 0 unspecified atom stereocenters.